The van der Waals surface area contributed by atoms with Gasteiger partial charge >= 0.3 is 0 Å². The monoisotopic (exact) mass is 267 g/mol. The fourth-order valence-electron chi connectivity index (χ4n) is 1.58. The van der Waals surface area contributed by atoms with Crippen molar-refractivity contribution >= 4 is 18.2 Å². The van der Waals surface area contributed by atoms with Crippen LogP contribution in [0.3, 0.4) is 0 Å². The van der Waals surface area contributed by atoms with E-state index in [0.29, 0.717) is 6.61 Å². The number of halogens is 1. The van der Waals surface area contributed by atoms with Crippen LogP contribution in [0.25, 0.3) is 5.76 Å². The maximum absolute atomic E-state index is 5.67. The predicted molar refractivity (Wildman–Crippen MR) is 75.4 cm³/mol. The lowest BCUT2D eigenvalue weighted by atomic mass is 10.1. The van der Waals surface area contributed by atoms with Crippen molar-refractivity contribution < 1.29 is 9.57 Å². The number of rotatable bonds is 3. The first-order valence-corrected chi connectivity index (χ1v) is 5.74. The topological polar surface area (TPSA) is 21.7 Å². The summed E-state index contributed by atoms with van der Waals surface area (Å²) in [5.41, 5.74) is 2.13. The zero-order chi connectivity index (χ0) is 12.3. The van der Waals surface area contributed by atoms with Crippen molar-refractivity contribution in [1.82, 2.24) is 5.06 Å². The first-order valence-electron chi connectivity index (χ1n) is 5.74. The van der Waals surface area contributed by atoms with Gasteiger partial charge in [-0.15, -0.1) is 12.4 Å². The Hall–Kier alpha value is -1.61. The van der Waals surface area contributed by atoms with E-state index in [0.717, 1.165) is 22.8 Å². The van der Waals surface area contributed by atoms with Crippen LogP contribution in [0, 0.1) is 0 Å². The Balaban J connectivity index is 0.00000162. The minimum absolute atomic E-state index is 0. The molecule has 0 atom stereocenters. The Morgan fingerprint density at radius 3 is 2.39 bits per heavy atom. The summed E-state index contributed by atoms with van der Waals surface area (Å²) >= 11 is 0. The lowest BCUT2D eigenvalue weighted by Gasteiger charge is -2.25. The highest BCUT2D eigenvalue weighted by Gasteiger charge is 2.11. The molecule has 0 N–H and O–H groups in total. The SMILES string of the molecule is CCOc1ccc(C2=CC=C(C)N(C)O2)cc1.Cl. The molecule has 0 radical (unpaired) electrons. The summed E-state index contributed by atoms with van der Waals surface area (Å²) in [5.74, 6) is 1.73. The summed E-state index contributed by atoms with van der Waals surface area (Å²) < 4.78 is 5.40. The third-order valence-electron chi connectivity index (χ3n) is 2.66. The fraction of sp³-hybridized carbons (Fsp3) is 0.286. The first-order chi connectivity index (χ1) is 8.20. The zero-order valence-corrected chi connectivity index (χ0v) is 11.7. The molecule has 0 unspecified atom stereocenters. The van der Waals surface area contributed by atoms with E-state index in [1.165, 1.54) is 0 Å². The molecule has 2 rings (SSSR count). The highest BCUT2D eigenvalue weighted by molar-refractivity contribution is 5.85. The number of hydrogen-bond donors (Lipinski definition) is 0. The van der Waals surface area contributed by atoms with Crippen molar-refractivity contribution in [2.24, 2.45) is 0 Å². The Labute approximate surface area is 114 Å². The molecule has 0 amide bonds. The number of hydrogen-bond acceptors (Lipinski definition) is 3. The molecular formula is C14H18ClNO2. The number of nitrogens with zero attached hydrogens (tertiary/aromatic N) is 1. The van der Waals surface area contributed by atoms with Crippen LogP contribution in [0.5, 0.6) is 5.75 Å². The van der Waals surface area contributed by atoms with Crippen LogP contribution in [0.1, 0.15) is 19.4 Å². The minimum atomic E-state index is 0. The molecule has 0 bridgehead atoms. The van der Waals surface area contributed by atoms with Gasteiger partial charge in [0.1, 0.15) is 5.75 Å². The van der Waals surface area contributed by atoms with Crippen molar-refractivity contribution in [2.45, 2.75) is 13.8 Å². The molecule has 98 valence electrons. The molecule has 0 fully saturated rings. The highest BCUT2D eigenvalue weighted by atomic mass is 35.5. The third kappa shape index (κ3) is 3.20. The van der Waals surface area contributed by atoms with E-state index in [2.05, 4.69) is 0 Å². The molecule has 3 nitrogen and oxygen atoms in total. The van der Waals surface area contributed by atoms with Gasteiger partial charge in [-0.3, -0.25) is 0 Å². The van der Waals surface area contributed by atoms with Gasteiger partial charge in [-0.1, -0.05) is 0 Å². The molecule has 4 heteroatoms. The van der Waals surface area contributed by atoms with E-state index in [1.54, 1.807) is 5.06 Å². The third-order valence-corrected chi connectivity index (χ3v) is 2.66. The second kappa shape index (κ2) is 6.36. The molecule has 0 saturated heterocycles. The summed E-state index contributed by atoms with van der Waals surface area (Å²) in [6.45, 7) is 4.66. The van der Waals surface area contributed by atoms with Crippen LogP contribution in [0.15, 0.2) is 42.1 Å². The highest BCUT2D eigenvalue weighted by Crippen LogP contribution is 2.24. The number of benzene rings is 1. The maximum atomic E-state index is 5.67. The molecule has 0 saturated carbocycles. The first kappa shape index (κ1) is 14.5. The van der Waals surface area contributed by atoms with Crippen LogP contribution in [-0.4, -0.2) is 18.7 Å². The number of hydroxylamine groups is 2. The molecule has 1 heterocycles. The summed E-state index contributed by atoms with van der Waals surface area (Å²) in [6, 6.07) is 7.90. The van der Waals surface area contributed by atoms with E-state index in [9.17, 15) is 0 Å². The summed E-state index contributed by atoms with van der Waals surface area (Å²) in [7, 11) is 1.90. The van der Waals surface area contributed by atoms with Crippen LogP contribution < -0.4 is 4.74 Å². The van der Waals surface area contributed by atoms with Gasteiger partial charge < -0.3 is 9.57 Å². The van der Waals surface area contributed by atoms with Gasteiger partial charge in [-0.2, -0.15) is 0 Å². The Morgan fingerprint density at radius 2 is 1.83 bits per heavy atom. The molecule has 1 aromatic carbocycles. The van der Waals surface area contributed by atoms with Crippen molar-refractivity contribution in [2.75, 3.05) is 13.7 Å². The van der Waals surface area contributed by atoms with Crippen LogP contribution in [0.4, 0.5) is 0 Å². The predicted octanol–water partition coefficient (Wildman–Crippen LogP) is 3.63. The maximum Gasteiger partial charge on any atom is 0.162 e. The molecule has 1 aliphatic rings. The summed E-state index contributed by atoms with van der Waals surface area (Å²) in [5, 5.41) is 1.76. The summed E-state index contributed by atoms with van der Waals surface area (Å²) in [6.07, 6.45) is 4.01. The van der Waals surface area contributed by atoms with Gasteiger partial charge in [-0.25, -0.2) is 5.06 Å². The lowest BCUT2D eigenvalue weighted by molar-refractivity contribution is -0.0297. The van der Waals surface area contributed by atoms with E-state index >= 15 is 0 Å². The standard InChI is InChI=1S/C14H17NO2.ClH/c1-4-16-13-8-6-12(7-9-13)14-10-5-11(2)15(3)17-14;/h5-10H,4H2,1-3H3;1H. The molecule has 18 heavy (non-hydrogen) atoms. The Kier molecular flexibility index (Phi) is 5.10. The van der Waals surface area contributed by atoms with Crippen LogP contribution in [0.2, 0.25) is 0 Å². The average molecular weight is 268 g/mol. The van der Waals surface area contributed by atoms with Crippen LogP contribution in [-0.2, 0) is 4.84 Å². The van der Waals surface area contributed by atoms with Gasteiger partial charge in [0.25, 0.3) is 0 Å². The quantitative estimate of drug-likeness (QED) is 0.835. The molecule has 1 aliphatic heterocycles. The normalized spacial score (nSPS) is 14.1. The van der Waals surface area contributed by atoms with Gasteiger partial charge in [0.15, 0.2) is 5.76 Å². The van der Waals surface area contributed by atoms with Crippen molar-refractivity contribution in [3.05, 3.63) is 47.7 Å². The van der Waals surface area contributed by atoms with Gasteiger partial charge in [-0.05, 0) is 50.3 Å². The summed E-state index contributed by atoms with van der Waals surface area (Å²) in [4.78, 5) is 5.67. The molecule has 1 aromatic rings. The van der Waals surface area contributed by atoms with Gasteiger partial charge in [0, 0.05) is 18.3 Å². The Bertz CT molecular complexity index is 451. The fourth-order valence-corrected chi connectivity index (χ4v) is 1.58. The van der Waals surface area contributed by atoms with Gasteiger partial charge in [0.05, 0.1) is 6.61 Å². The average Bonchev–Trinajstić information content (AvgIpc) is 2.34. The molecule has 0 spiro atoms. The zero-order valence-electron chi connectivity index (χ0n) is 10.8. The number of allylic oxidation sites excluding steroid dienone is 3. The van der Waals surface area contributed by atoms with Crippen molar-refractivity contribution in [3.8, 4) is 5.75 Å². The van der Waals surface area contributed by atoms with Gasteiger partial charge in [0.2, 0.25) is 0 Å². The number of ether oxygens (including phenoxy) is 1. The minimum Gasteiger partial charge on any atom is -0.494 e. The second-order valence-electron chi connectivity index (χ2n) is 3.89. The van der Waals surface area contributed by atoms with E-state index in [4.69, 9.17) is 9.57 Å². The second-order valence-corrected chi connectivity index (χ2v) is 3.89. The van der Waals surface area contributed by atoms with Crippen molar-refractivity contribution in [1.29, 1.82) is 0 Å². The van der Waals surface area contributed by atoms with Crippen molar-refractivity contribution in [3.63, 3.8) is 0 Å². The van der Waals surface area contributed by atoms with E-state index in [-0.39, 0.29) is 12.4 Å². The van der Waals surface area contributed by atoms with Crippen LogP contribution >= 0.6 is 12.4 Å². The lowest BCUT2D eigenvalue weighted by Crippen LogP contribution is -2.18. The molecule has 0 aliphatic carbocycles. The Morgan fingerprint density at radius 1 is 1.17 bits per heavy atom. The molecule has 0 aromatic heterocycles. The van der Waals surface area contributed by atoms with E-state index in [1.807, 2.05) is 57.3 Å². The van der Waals surface area contributed by atoms with E-state index < -0.39 is 0 Å². The largest absolute Gasteiger partial charge is 0.494 e. The molecular weight excluding hydrogens is 250 g/mol. The smallest absolute Gasteiger partial charge is 0.162 e.